The Labute approximate surface area is 181 Å². The Kier molecular flexibility index (Phi) is 6.34. The van der Waals surface area contributed by atoms with E-state index in [0.29, 0.717) is 44.1 Å². The molecule has 1 aliphatic carbocycles. The predicted molar refractivity (Wildman–Crippen MR) is 112 cm³/mol. The van der Waals surface area contributed by atoms with Crippen LogP contribution < -0.4 is 0 Å². The van der Waals surface area contributed by atoms with Crippen LogP contribution in [0, 0.1) is 5.92 Å². The number of hydrogen-bond acceptors (Lipinski definition) is 6. The van der Waals surface area contributed by atoms with E-state index in [0.717, 1.165) is 24.2 Å². The maximum atomic E-state index is 12.8. The number of carbonyl (C=O) groups excluding carboxylic acids is 3. The Hall–Kier alpha value is -3.16. The van der Waals surface area contributed by atoms with Crippen LogP contribution in [0.3, 0.4) is 0 Å². The molecule has 1 amide bonds. The van der Waals surface area contributed by atoms with Crippen LogP contribution in [0.1, 0.15) is 54.7 Å². The Morgan fingerprint density at radius 1 is 1.03 bits per heavy atom. The van der Waals surface area contributed by atoms with E-state index in [4.69, 9.17) is 9.47 Å². The van der Waals surface area contributed by atoms with Crippen LogP contribution in [0.15, 0.2) is 36.4 Å². The molecule has 2 fully saturated rings. The van der Waals surface area contributed by atoms with Gasteiger partial charge in [-0.3, -0.25) is 9.59 Å². The lowest BCUT2D eigenvalue weighted by atomic mass is 9.97. The monoisotopic (exact) mass is 425 g/mol. The van der Waals surface area contributed by atoms with E-state index in [1.807, 2.05) is 30.3 Å². The van der Waals surface area contributed by atoms with Crippen molar-refractivity contribution in [2.45, 2.75) is 38.5 Å². The van der Waals surface area contributed by atoms with Crippen molar-refractivity contribution in [2.24, 2.45) is 5.92 Å². The number of nitrogens with zero attached hydrogens (tertiary/aromatic N) is 3. The van der Waals surface area contributed by atoms with E-state index in [2.05, 4.69) is 5.10 Å². The van der Waals surface area contributed by atoms with E-state index in [9.17, 15) is 14.4 Å². The molecule has 1 saturated heterocycles. The summed E-state index contributed by atoms with van der Waals surface area (Å²) in [5, 5.41) is 4.60. The molecule has 2 aliphatic rings. The number of likely N-dealkylation sites (tertiary alicyclic amines) is 1. The number of amides is 1. The lowest BCUT2D eigenvalue weighted by Crippen LogP contribution is -2.42. The standard InChI is InChI=1S/C23H27N3O5/c1-2-30-22(28)17-10-12-25(13-11-17)21(27)15-31-23(29)20-14-19(16-8-9-16)24-26(20)18-6-4-3-5-7-18/h3-7,14,16-17H,2,8-13,15H2,1H3. The molecule has 0 bridgehead atoms. The molecule has 1 aromatic carbocycles. The van der Waals surface area contributed by atoms with Crippen molar-refractivity contribution in [1.82, 2.24) is 14.7 Å². The highest BCUT2D eigenvalue weighted by Gasteiger charge is 2.31. The predicted octanol–water partition coefficient (Wildman–Crippen LogP) is 2.71. The van der Waals surface area contributed by atoms with Crippen LogP contribution in [0.25, 0.3) is 5.69 Å². The summed E-state index contributed by atoms with van der Waals surface area (Å²) in [6.07, 6.45) is 3.26. The summed E-state index contributed by atoms with van der Waals surface area (Å²) in [6.45, 7) is 2.71. The van der Waals surface area contributed by atoms with Gasteiger partial charge < -0.3 is 14.4 Å². The van der Waals surface area contributed by atoms with Crippen LogP contribution in [0.5, 0.6) is 0 Å². The largest absolute Gasteiger partial charge is 0.466 e. The molecule has 2 aromatic rings. The second-order valence-electron chi connectivity index (χ2n) is 7.96. The van der Waals surface area contributed by atoms with E-state index >= 15 is 0 Å². The average Bonchev–Trinajstić information content (AvgIpc) is 3.56. The van der Waals surface area contributed by atoms with Gasteiger partial charge in [0.05, 0.1) is 23.9 Å². The Morgan fingerprint density at radius 2 is 1.74 bits per heavy atom. The number of benzene rings is 1. The van der Waals surface area contributed by atoms with Crippen molar-refractivity contribution < 1.29 is 23.9 Å². The molecule has 0 N–H and O–H groups in total. The summed E-state index contributed by atoms with van der Waals surface area (Å²) in [4.78, 5) is 38.8. The van der Waals surface area contributed by atoms with E-state index < -0.39 is 5.97 Å². The summed E-state index contributed by atoms with van der Waals surface area (Å²) in [5.74, 6) is -0.824. The van der Waals surface area contributed by atoms with Gasteiger partial charge in [0, 0.05) is 19.0 Å². The lowest BCUT2D eigenvalue weighted by Gasteiger charge is -2.30. The number of ether oxygens (including phenoxy) is 2. The fourth-order valence-corrected chi connectivity index (χ4v) is 3.81. The third-order valence-corrected chi connectivity index (χ3v) is 5.73. The molecule has 2 heterocycles. The van der Waals surface area contributed by atoms with Gasteiger partial charge >= 0.3 is 11.9 Å². The minimum Gasteiger partial charge on any atom is -0.466 e. The fraction of sp³-hybridized carbons (Fsp3) is 0.478. The first-order valence-corrected chi connectivity index (χ1v) is 10.8. The third kappa shape index (κ3) is 4.95. The van der Waals surface area contributed by atoms with Gasteiger partial charge in [0.15, 0.2) is 12.3 Å². The van der Waals surface area contributed by atoms with Crippen LogP contribution in [0.4, 0.5) is 0 Å². The van der Waals surface area contributed by atoms with Crippen molar-refractivity contribution in [2.75, 3.05) is 26.3 Å². The lowest BCUT2D eigenvalue weighted by molar-refractivity contribution is -0.151. The highest BCUT2D eigenvalue weighted by atomic mass is 16.5. The average molecular weight is 425 g/mol. The minimum absolute atomic E-state index is 0.174. The van der Waals surface area contributed by atoms with Gasteiger partial charge in [0.2, 0.25) is 0 Å². The van der Waals surface area contributed by atoms with E-state index in [1.54, 1.807) is 22.6 Å². The van der Waals surface area contributed by atoms with Gasteiger partial charge in [-0.05, 0) is 50.8 Å². The quantitative estimate of drug-likeness (QED) is 0.634. The molecule has 1 saturated carbocycles. The Morgan fingerprint density at radius 3 is 2.39 bits per heavy atom. The summed E-state index contributed by atoms with van der Waals surface area (Å²) in [6, 6.07) is 11.2. The molecule has 4 rings (SSSR count). The molecule has 8 nitrogen and oxygen atoms in total. The zero-order chi connectivity index (χ0) is 21.8. The molecule has 0 radical (unpaired) electrons. The van der Waals surface area contributed by atoms with Crippen molar-refractivity contribution >= 4 is 17.8 Å². The third-order valence-electron chi connectivity index (χ3n) is 5.73. The number of rotatable bonds is 7. The first-order chi connectivity index (χ1) is 15.1. The second-order valence-corrected chi connectivity index (χ2v) is 7.96. The minimum atomic E-state index is -0.571. The van der Waals surface area contributed by atoms with Crippen LogP contribution in [-0.2, 0) is 19.1 Å². The smallest absolute Gasteiger partial charge is 0.357 e. The normalized spacial score (nSPS) is 16.7. The summed E-state index contributed by atoms with van der Waals surface area (Å²) in [5.41, 5.74) is 1.97. The van der Waals surface area contributed by atoms with Crippen LogP contribution in [-0.4, -0.2) is 58.8 Å². The van der Waals surface area contributed by atoms with Gasteiger partial charge in [-0.15, -0.1) is 0 Å². The van der Waals surface area contributed by atoms with Gasteiger partial charge in [-0.2, -0.15) is 5.10 Å². The molecule has 164 valence electrons. The number of carbonyl (C=O) groups is 3. The van der Waals surface area contributed by atoms with E-state index in [-0.39, 0.29) is 24.4 Å². The van der Waals surface area contributed by atoms with Gasteiger partial charge in [-0.1, -0.05) is 18.2 Å². The highest BCUT2D eigenvalue weighted by molar-refractivity contribution is 5.90. The van der Waals surface area contributed by atoms with Crippen LogP contribution in [0.2, 0.25) is 0 Å². The SMILES string of the molecule is CCOC(=O)C1CCN(C(=O)COC(=O)c2cc(C3CC3)nn2-c2ccccc2)CC1. The molecule has 1 aliphatic heterocycles. The van der Waals surface area contributed by atoms with Gasteiger partial charge in [-0.25, -0.2) is 9.48 Å². The first-order valence-electron chi connectivity index (χ1n) is 10.8. The summed E-state index contributed by atoms with van der Waals surface area (Å²) >= 11 is 0. The molecule has 0 unspecified atom stereocenters. The van der Waals surface area contributed by atoms with E-state index in [1.165, 1.54) is 0 Å². The van der Waals surface area contributed by atoms with Gasteiger partial charge in [0.1, 0.15) is 0 Å². The number of esters is 2. The fourth-order valence-electron chi connectivity index (χ4n) is 3.81. The molecular formula is C23H27N3O5. The topological polar surface area (TPSA) is 90.7 Å². The number of para-hydroxylation sites is 1. The zero-order valence-electron chi connectivity index (χ0n) is 17.7. The summed E-state index contributed by atoms with van der Waals surface area (Å²) < 4.78 is 12.0. The van der Waals surface area contributed by atoms with Crippen molar-refractivity contribution in [3.63, 3.8) is 0 Å². The maximum absolute atomic E-state index is 12.8. The number of piperidine rings is 1. The molecule has 0 spiro atoms. The molecule has 31 heavy (non-hydrogen) atoms. The Balaban J connectivity index is 1.36. The van der Waals surface area contributed by atoms with Gasteiger partial charge in [0.25, 0.3) is 5.91 Å². The first kappa shape index (κ1) is 21.1. The molecule has 0 atom stereocenters. The maximum Gasteiger partial charge on any atom is 0.357 e. The molecule has 8 heteroatoms. The Bertz CT molecular complexity index is 943. The van der Waals surface area contributed by atoms with Crippen molar-refractivity contribution in [3.8, 4) is 5.69 Å². The van der Waals surface area contributed by atoms with Crippen molar-refractivity contribution in [3.05, 3.63) is 47.8 Å². The zero-order valence-corrected chi connectivity index (χ0v) is 17.7. The van der Waals surface area contributed by atoms with Crippen LogP contribution >= 0.6 is 0 Å². The number of hydrogen-bond donors (Lipinski definition) is 0. The summed E-state index contributed by atoms with van der Waals surface area (Å²) in [7, 11) is 0. The molecular weight excluding hydrogens is 398 g/mol. The van der Waals surface area contributed by atoms with Crippen molar-refractivity contribution in [1.29, 1.82) is 0 Å². The highest BCUT2D eigenvalue weighted by Crippen LogP contribution is 2.39. The second kappa shape index (κ2) is 9.32. The molecule has 1 aromatic heterocycles. The number of aromatic nitrogens is 2.